The number of benzene rings is 1. The van der Waals surface area contributed by atoms with E-state index in [9.17, 15) is 4.79 Å². The van der Waals surface area contributed by atoms with Crippen molar-refractivity contribution in [3.63, 3.8) is 0 Å². The molecule has 5 nitrogen and oxygen atoms in total. The lowest BCUT2D eigenvalue weighted by atomic mass is 10.1. The molecule has 3 rings (SSSR count). The van der Waals surface area contributed by atoms with Crippen molar-refractivity contribution in [1.29, 1.82) is 0 Å². The van der Waals surface area contributed by atoms with Crippen LogP contribution in [0.5, 0.6) is 0 Å². The van der Waals surface area contributed by atoms with E-state index >= 15 is 0 Å². The lowest BCUT2D eigenvalue weighted by molar-refractivity contribution is -1.02. The Kier molecular flexibility index (Phi) is 6.04. The van der Waals surface area contributed by atoms with E-state index in [-0.39, 0.29) is 11.9 Å². The molecule has 0 spiro atoms. The van der Waals surface area contributed by atoms with E-state index in [1.807, 2.05) is 17.4 Å². The quantitative estimate of drug-likeness (QED) is 0.663. The molecule has 0 bridgehead atoms. The van der Waals surface area contributed by atoms with Crippen molar-refractivity contribution in [3.8, 4) is 0 Å². The van der Waals surface area contributed by atoms with E-state index in [1.54, 1.807) is 4.90 Å². The van der Waals surface area contributed by atoms with E-state index in [0.29, 0.717) is 12.5 Å². The van der Waals surface area contributed by atoms with Crippen molar-refractivity contribution < 1.29 is 14.6 Å². The fraction of sp³-hybridized carbons (Fsp3) is 0.579. The average Bonchev–Trinajstić information content (AvgIpc) is 2.98. The first-order valence-corrected chi connectivity index (χ1v) is 10.1. The molecule has 25 heavy (non-hydrogen) atoms. The molecule has 1 aromatic heterocycles. The summed E-state index contributed by atoms with van der Waals surface area (Å²) < 4.78 is 1.28. The predicted octanol–water partition coefficient (Wildman–Crippen LogP) is -0.260. The van der Waals surface area contributed by atoms with Gasteiger partial charge >= 0.3 is 0 Å². The molecule has 0 saturated carbocycles. The number of aromatic nitrogens is 1. The zero-order chi connectivity index (χ0) is 17.8. The molecule has 6 heteroatoms. The lowest BCUT2D eigenvalue weighted by Gasteiger charge is -2.29. The summed E-state index contributed by atoms with van der Waals surface area (Å²) >= 11 is 1.81. The van der Waals surface area contributed by atoms with Gasteiger partial charge in [0.1, 0.15) is 37.7 Å². The number of fused-ring (bicyclic) bond motifs is 1. The van der Waals surface area contributed by atoms with Crippen LogP contribution in [0, 0.1) is 5.92 Å². The molecule has 136 valence electrons. The number of amides is 1. The third-order valence-electron chi connectivity index (χ3n) is 5.20. The maximum absolute atomic E-state index is 12.2. The monoisotopic (exact) mass is 362 g/mol. The average molecular weight is 363 g/mol. The zero-order valence-corrected chi connectivity index (χ0v) is 16.3. The fourth-order valence-electron chi connectivity index (χ4n) is 3.22. The molecule has 1 aromatic carbocycles. The second-order valence-corrected chi connectivity index (χ2v) is 8.64. The van der Waals surface area contributed by atoms with E-state index < -0.39 is 0 Å². The minimum absolute atomic E-state index is 0.186. The Bertz CT molecular complexity index is 673. The normalized spacial score (nSPS) is 22.2. The summed E-state index contributed by atoms with van der Waals surface area (Å²) in [7, 11) is 0. The molecular weight excluding hydrogens is 332 g/mol. The molecule has 1 fully saturated rings. The second-order valence-electron chi connectivity index (χ2n) is 7.53. The number of hydrogen-bond acceptors (Lipinski definition) is 3. The molecular formula is C19H30N4OS+2. The van der Waals surface area contributed by atoms with Crippen molar-refractivity contribution >= 4 is 27.5 Å². The first kappa shape index (κ1) is 18.3. The van der Waals surface area contributed by atoms with Gasteiger partial charge in [0.15, 0.2) is 6.54 Å². The number of nitrogens with zero attached hydrogens (tertiary/aromatic N) is 1. The summed E-state index contributed by atoms with van der Waals surface area (Å²) in [5.74, 6) is 0.667. The predicted molar refractivity (Wildman–Crippen MR) is 102 cm³/mol. The Morgan fingerprint density at radius 2 is 1.84 bits per heavy atom. The Morgan fingerprint density at radius 3 is 2.52 bits per heavy atom. The fourth-order valence-corrected chi connectivity index (χ4v) is 4.26. The number of carbonyl (C=O) groups excluding carboxylic acids is 1. The summed E-state index contributed by atoms with van der Waals surface area (Å²) in [5, 5.41) is 4.34. The first-order valence-electron chi connectivity index (χ1n) is 9.32. The Labute approximate surface area is 154 Å². The smallest absolute Gasteiger partial charge is 0.275 e. The number of para-hydroxylation sites is 1. The topological polar surface area (TPSA) is 50.9 Å². The minimum atomic E-state index is 0.186. The van der Waals surface area contributed by atoms with Crippen LogP contribution in [0.3, 0.4) is 0 Å². The summed E-state index contributed by atoms with van der Waals surface area (Å²) in [4.78, 5) is 19.9. The van der Waals surface area contributed by atoms with Crippen molar-refractivity contribution in [1.82, 2.24) is 10.3 Å². The summed E-state index contributed by atoms with van der Waals surface area (Å²) in [5.41, 5.74) is 1.11. The van der Waals surface area contributed by atoms with Crippen LogP contribution >= 0.6 is 11.3 Å². The highest BCUT2D eigenvalue weighted by molar-refractivity contribution is 7.18. The highest BCUT2D eigenvalue weighted by Crippen LogP contribution is 2.20. The van der Waals surface area contributed by atoms with Gasteiger partial charge in [-0.2, -0.15) is 0 Å². The number of nitrogens with one attached hydrogen (secondary N) is 3. The van der Waals surface area contributed by atoms with Crippen molar-refractivity contribution in [3.05, 3.63) is 29.3 Å². The zero-order valence-electron chi connectivity index (χ0n) is 15.5. The molecule has 1 amide bonds. The lowest BCUT2D eigenvalue weighted by Crippen LogP contribution is -3.28. The first-order chi connectivity index (χ1) is 12.0. The van der Waals surface area contributed by atoms with Crippen molar-refractivity contribution in [2.45, 2.75) is 33.4 Å². The van der Waals surface area contributed by atoms with Crippen LogP contribution in [0.1, 0.15) is 25.8 Å². The molecule has 1 aliphatic heterocycles. The van der Waals surface area contributed by atoms with Crippen LogP contribution < -0.4 is 15.1 Å². The maximum Gasteiger partial charge on any atom is 0.275 e. The highest BCUT2D eigenvalue weighted by atomic mass is 32.1. The van der Waals surface area contributed by atoms with E-state index in [2.05, 4.69) is 44.3 Å². The Morgan fingerprint density at radius 1 is 1.16 bits per heavy atom. The SMILES string of the molecule is CC(C)[C@@H](C)NC(=O)C[NH+]1CC[NH+](Cc2nc3ccccc3s2)CC1. The molecule has 1 atom stereocenters. The van der Waals surface area contributed by atoms with Crippen LogP contribution in [0.2, 0.25) is 0 Å². The Hall–Kier alpha value is -1.50. The number of piperazine rings is 1. The van der Waals surface area contributed by atoms with Gasteiger partial charge in [0, 0.05) is 6.04 Å². The van der Waals surface area contributed by atoms with Crippen LogP contribution in [-0.4, -0.2) is 49.7 Å². The Balaban J connectivity index is 1.44. The van der Waals surface area contributed by atoms with Gasteiger partial charge in [-0.3, -0.25) is 4.79 Å². The second kappa shape index (κ2) is 8.25. The molecule has 0 aliphatic carbocycles. The van der Waals surface area contributed by atoms with Crippen molar-refractivity contribution in [2.75, 3.05) is 32.7 Å². The number of hydrogen-bond donors (Lipinski definition) is 3. The number of quaternary nitrogens is 2. The molecule has 2 heterocycles. The number of thiazole rings is 1. The molecule has 0 radical (unpaired) electrons. The largest absolute Gasteiger partial charge is 0.348 e. The number of rotatable bonds is 6. The van der Waals surface area contributed by atoms with Gasteiger partial charge in [-0.05, 0) is 25.0 Å². The van der Waals surface area contributed by atoms with Gasteiger partial charge in [0.2, 0.25) is 0 Å². The standard InChI is InChI=1S/C19H28N4OS/c1-14(2)15(3)20-18(24)12-22-8-10-23(11-9-22)13-19-21-16-6-4-5-7-17(16)25-19/h4-7,14-15H,8-13H2,1-3H3,(H,20,24)/p+2/t15-/m1/s1. The van der Waals surface area contributed by atoms with E-state index in [4.69, 9.17) is 4.98 Å². The van der Waals surface area contributed by atoms with Gasteiger partial charge in [-0.25, -0.2) is 4.98 Å². The van der Waals surface area contributed by atoms with Crippen molar-refractivity contribution in [2.24, 2.45) is 5.92 Å². The van der Waals surface area contributed by atoms with E-state index in [0.717, 1.165) is 38.2 Å². The van der Waals surface area contributed by atoms with Gasteiger partial charge in [-0.1, -0.05) is 26.0 Å². The van der Waals surface area contributed by atoms with E-state index in [1.165, 1.54) is 14.6 Å². The summed E-state index contributed by atoms with van der Waals surface area (Å²) in [6.07, 6.45) is 0. The molecule has 2 aromatic rings. The summed E-state index contributed by atoms with van der Waals surface area (Å²) in [6.45, 7) is 12.3. The van der Waals surface area contributed by atoms with Gasteiger partial charge in [-0.15, -0.1) is 11.3 Å². The third-order valence-corrected chi connectivity index (χ3v) is 6.24. The van der Waals surface area contributed by atoms with Gasteiger partial charge < -0.3 is 15.1 Å². The van der Waals surface area contributed by atoms with Gasteiger partial charge in [0.05, 0.1) is 10.2 Å². The maximum atomic E-state index is 12.2. The molecule has 0 unspecified atom stereocenters. The van der Waals surface area contributed by atoms with Crippen LogP contribution in [0.4, 0.5) is 0 Å². The highest BCUT2D eigenvalue weighted by Gasteiger charge is 2.26. The van der Waals surface area contributed by atoms with Gasteiger partial charge in [0.25, 0.3) is 5.91 Å². The number of carbonyl (C=O) groups is 1. The molecule has 3 N–H and O–H groups in total. The van der Waals surface area contributed by atoms with Crippen LogP contribution in [0.25, 0.3) is 10.2 Å². The molecule has 1 aliphatic rings. The minimum Gasteiger partial charge on any atom is -0.348 e. The van der Waals surface area contributed by atoms with Crippen LogP contribution in [0.15, 0.2) is 24.3 Å². The van der Waals surface area contributed by atoms with Crippen LogP contribution in [-0.2, 0) is 11.3 Å². The molecule has 1 saturated heterocycles. The third kappa shape index (κ3) is 5.00. The summed E-state index contributed by atoms with van der Waals surface area (Å²) in [6, 6.07) is 8.60.